The van der Waals surface area contributed by atoms with Gasteiger partial charge in [-0.1, -0.05) is 59.4 Å². The van der Waals surface area contributed by atoms with E-state index in [0.717, 1.165) is 38.2 Å². The number of amides is 1. The molecule has 1 aliphatic rings. The number of rotatable bonds is 5. The van der Waals surface area contributed by atoms with Crippen molar-refractivity contribution in [3.8, 4) is 11.4 Å². The van der Waals surface area contributed by atoms with Crippen LogP contribution in [0.3, 0.4) is 0 Å². The largest absolute Gasteiger partial charge is 0.497 e. The zero-order valence-corrected chi connectivity index (χ0v) is 20.5. The van der Waals surface area contributed by atoms with Gasteiger partial charge in [0.1, 0.15) is 5.75 Å². The molecule has 5 nitrogen and oxygen atoms in total. The third-order valence-corrected chi connectivity index (χ3v) is 8.38. The summed E-state index contributed by atoms with van der Waals surface area (Å²) in [6, 6.07) is 25.3. The maximum absolute atomic E-state index is 13.5. The van der Waals surface area contributed by atoms with Crippen LogP contribution in [0.4, 0.5) is 5.69 Å². The first-order chi connectivity index (χ1) is 16.5. The van der Waals surface area contributed by atoms with E-state index in [0.29, 0.717) is 5.75 Å². The van der Waals surface area contributed by atoms with Crippen molar-refractivity contribution in [2.75, 3.05) is 18.2 Å². The number of carbonyl (C=O) groups excluding carboxylic acids is 1. The van der Waals surface area contributed by atoms with Gasteiger partial charge in [0.15, 0.2) is 0 Å². The quantitative estimate of drug-likeness (QED) is 0.391. The molecule has 0 aliphatic carbocycles. The standard InChI is InChI=1S/C27H24N2O3S2/c1-17-8-12-19(13-9-17)28-25(30)22-16-33-26-24(23(22)18-10-14-21(32-2)15-11-18)34-27(31)29(26)20-6-4-3-5-7-20/h3-15,22-23H,16H2,1-2H3,(H,28,30)/t22-,23-/m0/s1. The van der Waals surface area contributed by atoms with Crippen molar-refractivity contribution in [3.63, 3.8) is 0 Å². The summed E-state index contributed by atoms with van der Waals surface area (Å²) in [6.45, 7) is 2.02. The van der Waals surface area contributed by atoms with Gasteiger partial charge in [-0.15, -0.1) is 11.8 Å². The molecule has 1 aromatic heterocycles. The van der Waals surface area contributed by atoms with Crippen LogP contribution in [-0.4, -0.2) is 23.3 Å². The van der Waals surface area contributed by atoms with E-state index in [1.807, 2.05) is 85.8 Å². The van der Waals surface area contributed by atoms with E-state index in [-0.39, 0.29) is 22.6 Å². The van der Waals surface area contributed by atoms with E-state index in [1.165, 1.54) is 11.3 Å². The number of aromatic nitrogens is 1. The number of aryl methyl sites for hydroxylation is 1. The van der Waals surface area contributed by atoms with Crippen LogP contribution in [0.2, 0.25) is 0 Å². The summed E-state index contributed by atoms with van der Waals surface area (Å²) in [4.78, 5) is 27.5. The SMILES string of the molecule is COc1ccc([C@@H]2c3sc(=O)n(-c4ccccc4)c3SC[C@@H]2C(=O)Nc2ccc(C)cc2)cc1. The minimum absolute atomic E-state index is 0.0400. The van der Waals surface area contributed by atoms with Crippen LogP contribution < -0.4 is 14.9 Å². The van der Waals surface area contributed by atoms with Crippen molar-refractivity contribution in [2.45, 2.75) is 17.9 Å². The Bertz CT molecular complexity index is 1360. The molecule has 0 radical (unpaired) electrons. The average Bonchev–Trinajstić information content (AvgIpc) is 3.21. The number of nitrogens with one attached hydrogen (secondary N) is 1. The van der Waals surface area contributed by atoms with Crippen LogP contribution >= 0.6 is 23.1 Å². The zero-order valence-electron chi connectivity index (χ0n) is 18.9. The number of hydrogen-bond donors (Lipinski definition) is 1. The van der Waals surface area contributed by atoms with Crippen LogP contribution in [0.5, 0.6) is 5.75 Å². The molecule has 34 heavy (non-hydrogen) atoms. The van der Waals surface area contributed by atoms with E-state index in [1.54, 1.807) is 23.4 Å². The molecule has 5 rings (SSSR count). The molecule has 0 bridgehead atoms. The number of thiazole rings is 1. The van der Waals surface area contributed by atoms with E-state index in [2.05, 4.69) is 5.32 Å². The second-order valence-corrected chi connectivity index (χ2v) is 10.2. The molecule has 0 saturated heterocycles. The lowest BCUT2D eigenvalue weighted by Gasteiger charge is -2.31. The summed E-state index contributed by atoms with van der Waals surface area (Å²) in [5.41, 5.74) is 3.75. The van der Waals surface area contributed by atoms with Gasteiger partial charge in [0, 0.05) is 22.2 Å². The fraction of sp³-hybridized carbons (Fsp3) is 0.185. The predicted octanol–water partition coefficient (Wildman–Crippen LogP) is 5.71. The number of carbonyl (C=O) groups is 1. The second kappa shape index (κ2) is 9.52. The first-order valence-corrected chi connectivity index (χ1v) is 12.8. The van der Waals surface area contributed by atoms with E-state index < -0.39 is 0 Å². The van der Waals surface area contributed by atoms with Crippen molar-refractivity contribution in [1.29, 1.82) is 0 Å². The van der Waals surface area contributed by atoms with Crippen molar-refractivity contribution < 1.29 is 9.53 Å². The number of hydrogen-bond acceptors (Lipinski definition) is 5. The summed E-state index contributed by atoms with van der Waals surface area (Å²) in [6.07, 6.45) is 0. The number of thioether (sulfide) groups is 1. The van der Waals surface area contributed by atoms with Crippen LogP contribution in [0.1, 0.15) is 21.9 Å². The Balaban J connectivity index is 1.57. The number of nitrogens with zero attached hydrogens (tertiary/aromatic N) is 1. The average molecular weight is 489 g/mol. The maximum atomic E-state index is 13.5. The minimum atomic E-state index is -0.325. The lowest BCUT2D eigenvalue weighted by molar-refractivity contribution is -0.119. The molecule has 0 fully saturated rings. The first kappa shape index (κ1) is 22.5. The van der Waals surface area contributed by atoms with Crippen LogP contribution in [0, 0.1) is 12.8 Å². The number of ether oxygens (including phenoxy) is 1. The molecule has 172 valence electrons. The molecule has 7 heteroatoms. The second-order valence-electron chi connectivity index (χ2n) is 8.23. The van der Waals surface area contributed by atoms with E-state index >= 15 is 0 Å². The molecule has 2 heterocycles. The van der Waals surface area contributed by atoms with Gasteiger partial charge in [0.2, 0.25) is 5.91 Å². The Kier molecular flexibility index (Phi) is 6.30. The third kappa shape index (κ3) is 4.29. The van der Waals surface area contributed by atoms with Gasteiger partial charge in [0.25, 0.3) is 0 Å². The normalized spacial score (nSPS) is 17.1. The summed E-state index contributed by atoms with van der Waals surface area (Å²) in [5, 5.41) is 4.01. The van der Waals surface area contributed by atoms with E-state index in [9.17, 15) is 9.59 Å². The zero-order chi connectivity index (χ0) is 23.7. The molecular weight excluding hydrogens is 464 g/mol. The Morgan fingerprint density at radius 3 is 2.38 bits per heavy atom. The number of benzene rings is 3. The highest BCUT2D eigenvalue weighted by Crippen LogP contribution is 2.47. The molecule has 0 spiro atoms. The Hall–Kier alpha value is -3.29. The lowest BCUT2D eigenvalue weighted by Crippen LogP contribution is -2.33. The lowest BCUT2D eigenvalue weighted by atomic mass is 9.85. The molecule has 1 N–H and O–H groups in total. The van der Waals surface area contributed by atoms with Gasteiger partial charge < -0.3 is 10.1 Å². The molecule has 1 aliphatic heterocycles. The number of methoxy groups -OCH3 is 1. The topological polar surface area (TPSA) is 60.3 Å². The van der Waals surface area contributed by atoms with Crippen molar-refractivity contribution in [3.05, 3.63) is 105 Å². The molecular formula is C27H24N2O3S2. The highest BCUT2D eigenvalue weighted by atomic mass is 32.2. The van der Waals surface area contributed by atoms with E-state index in [4.69, 9.17) is 4.74 Å². The first-order valence-electron chi connectivity index (χ1n) is 11.0. The van der Waals surface area contributed by atoms with Gasteiger partial charge >= 0.3 is 4.87 Å². The van der Waals surface area contributed by atoms with Gasteiger partial charge in [0.05, 0.1) is 23.7 Å². The van der Waals surface area contributed by atoms with Crippen molar-refractivity contribution in [2.24, 2.45) is 5.92 Å². The number of fused-ring (bicyclic) bond motifs is 1. The maximum Gasteiger partial charge on any atom is 0.312 e. The van der Waals surface area contributed by atoms with Gasteiger partial charge in [-0.3, -0.25) is 14.2 Å². The fourth-order valence-electron chi connectivity index (χ4n) is 4.25. The molecule has 1 amide bonds. The Morgan fingerprint density at radius 2 is 1.71 bits per heavy atom. The summed E-state index contributed by atoms with van der Waals surface area (Å²) in [5.74, 6) is 0.731. The van der Waals surface area contributed by atoms with Crippen molar-refractivity contribution >= 4 is 34.7 Å². The molecule has 0 unspecified atom stereocenters. The van der Waals surface area contributed by atoms with Gasteiger partial charge in [-0.05, 0) is 48.9 Å². The monoisotopic (exact) mass is 488 g/mol. The molecule has 0 saturated carbocycles. The highest BCUT2D eigenvalue weighted by molar-refractivity contribution is 7.99. The number of anilines is 1. The van der Waals surface area contributed by atoms with Crippen LogP contribution in [-0.2, 0) is 4.79 Å². The Labute approximate surface area is 206 Å². The molecule has 2 atom stereocenters. The summed E-state index contributed by atoms with van der Waals surface area (Å²) in [7, 11) is 1.63. The van der Waals surface area contributed by atoms with Crippen molar-refractivity contribution in [1.82, 2.24) is 4.57 Å². The molecule has 4 aromatic rings. The molecule has 3 aromatic carbocycles. The van der Waals surface area contributed by atoms with Crippen LogP contribution in [0.25, 0.3) is 5.69 Å². The summed E-state index contributed by atoms with van der Waals surface area (Å²) < 4.78 is 7.11. The van der Waals surface area contributed by atoms with Gasteiger partial charge in [-0.25, -0.2) is 0 Å². The smallest absolute Gasteiger partial charge is 0.312 e. The third-order valence-electron chi connectivity index (χ3n) is 6.02. The predicted molar refractivity (Wildman–Crippen MR) is 139 cm³/mol. The van der Waals surface area contributed by atoms with Gasteiger partial charge in [-0.2, -0.15) is 0 Å². The fourth-order valence-corrected chi connectivity index (χ4v) is 6.96. The summed E-state index contributed by atoms with van der Waals surface area (Å²) >= 11 is 2.80. The Morgan fingerprint density at radius 1 is 1.00 bits per heavy atom. The number of para-hydroxylation sites is 1. The highest BCUT2D eigenvalue weighted by Gasteiger charge is 2.39. The van der Waals surface area contributed by atoms with Crippen LogP contribution in [0.15, 0.2) is 88.7 Å². The minimum Gasteiger partial charge on any atom is -0.497 e.